The molecule has 0 aliphatic heterocycles. The summed E-state index contributed by atoms with van der Waals surface area (Å²) < 4.78 is 1.55. The van der Waals surface area contributed by atoms with Crippen molar-refractivity contribution in [2.75, 3.05) is 0 Å². The van der Waals surface area contributed by atoms with Gasteiger partial charge in [-0.1, -0.05) is 17.3 Å². The van der Waals surface area contributed by atoms with Crippen molar-refractivity contribution in [3.8, 4) is 11.9 Å². The van der Waals surface area contributed by atoms with Crippen LogP contribution >= 0.6 is 0 Å². The molecule has 0 unspecified atom stereocenters. The summed E-state index contributed by atoms with van der Waals surface area (Å²) >= 11 is 0. The second kappa shape index (κ2) is 4.14. The lowest BCUT2D eigenvalue weighted by Crippen LogP contribution is -2.08. The predicted octanol–water partition coefficient (Wildman–Crippen LogP) is 1.70. The number of aromatic nitrogens is 5. The van der Waals surface area contributed by atoms with E-state index in [-0.39, 0.29) is 0 Å². The van der Waals surface area contributed by atoms with Crippen molar-refractivity contribution in [3.63, 3.8) is 0 Å². The Kier molecular flexibility index (Phi) is 2.46. The fourth-order valence-corrected chi connectivity index (χ4v) is 1.90. The molecule has 3 rings (SSSR count). The van der Waals surface area contributed by atoms with Crippen LogP contribution in [-0.4, -0.2) is 25.2 Å². The van der Waals surface area contributed by atoms with Gasteiger partial charge in [0, 0.05) is 0 Å². The van der Waals surface area contributed by atoms with Gasteiger partial charge < -0.3 is 0 Å². The summed E-state index contributed by atoms with van der Waals surface area (Å²) in [6, 6.07) is 9.69. The molecular formula is C13H10N6. The van der Waals surface area contributed by atoms with E-state index in [1.165, 1.54) is 0 Å². The number of rotatable bonds is 1. The lowest BCUT2D eigenvalue weighted by molar-refractivity contribution is 0.769. The monoisotopic (exact) mass is 250 g/mol. The Hall–Kier alpha value is -2.81. The first-order chi connectivity index (χ1) is 9.22. The summed E-state index contributed by atoms with van der Waals surface area (Å²) in [5.74, 6) is 0.416. The van der Waals surface area contributed by atoms with E-state index in [9.17, 15) is 5.26 Å². The Balaban J connectivity index is 2.34. The van der Waals surface area contributed by atoms with Crippen LogP contribution in [0.2, 0.25) is 0 Å². The molecule has 92 valence electrons. The molecule has 0 spiro atoms. The van der Waals surface area contributed by atoms with E-state index >= 15 is 0 Å². The van der Waals surface area contributed by atoms with Crippen molar-refractivity contribution in [2.24, 2.45) is 0 Å². The number of hydrogen-bond donors (Lipinski definition) is 0. The molecule has 0 N–H and O–H groups in total. The van der Waals surface area contributed by atoms with E-state index in [1.807, 2.05) is 38.1 Å². The van der Waals surface area contributed by atoms with Gasteiger partial charge in [0.25, 0.3) is 0 Å². The molecule has 6 nitrogen and oxygen atoms in total. The highest BCUT2D eigenvalue weighted by atomic mass is 15.5. The molecule has 2 aromatic heterocycles. The van der Waals surface area contributed by atoms with E-state index in [2.05, 4.69) is 26.6 Å². The van der Waals surface area contributed by atoms with Crippen molar-refractivity contribution in [3.05, 3.63) is 41.1 Å². The first-order valence-electron chi connectivity index (χ1n) is 5.77. The Bertz CT molecular complexity index is 812. The first-order valence-corrected chi connectivity index (χ1v) is 5.77. The maximum absolute atomic E-state index is 9.32. The number of nitrogens with zero attached hydrogens (tertiary/aromatic N) is 6. The number of aryl methyl sites for hydroxylation is 1. The highest BCUT2D eigenvalue weighted by molar-refractivity contribution is 5.76. The van der Waals surface area contributed by atoms with Gasteiger partial charge in [-0.05, 0) is 31.5 Å². The maximum atomic E-state index is 9.32. The van der Waals surface area contributed by atoms with Crippen LogP contribution in [0.1, 0.15) is 16.8 Å². The summed E-state index contributed by atoms with van der Waals surface area (Å²) in [5.41, 5.74) is 3.59. The standard InChI is InChI=1S/C13H10N6/c1-8-9(2)15-17-13(10(8)7-14)19-12-6-4-3-5-11(12)16-18-19/h3-6H,1-2H3. The van der Waals surface area contributed by atoms with Gasteiger partial charge in [-0.3, -0.25) is 0 Å². The minimum atomic E-state index is 0.416. The second-order valence-electron chi connectivity index (χ2n) is 4.21. The van der Waals surface area contributed by atoms with Crippen LogP contribution in [0.3, 0.4) is 0 Å². The fourth-order valence-electron chi connectivity index (χ4n) is 1.90. The molecule has 0 fully saturated rings. The Labute approximate surface area is 109 Å². The van der Waals surface area contributed by atoms with Crippen LogP contribution in [0, 0.1) is 25.2 Å². The van der Waals surface area contributed by atoms with Gasteiger partial charge in [0.05, 0.1) is 11.2 Å². The third-order valence-electron chi connectivity index (χ3n) is 3.10. The van der Waals surface area contributed by atoms with Crippen LogP contribution in [0.4, 0.5) is 0 Å². The molecule has 0 radical (unpaired) electrons. The van der Waals surface area contributed by atoms with E-state index in [0.29, 0.717) is 11.4 Å². The van der Waals surface area contributed by atoms with E-state index < -0.39 is 0 Å². The lowest BCUT2D eigenvalue weighted by Gasteiger charge is -2.06. The molecule has 0 saturated heterocycles. The Morgan fingerprint density at radius 1 is 1.11 bits per heavy atom. The molecule has 6 heteroatoms. The first kappa shape index (κ1) is 11.3. The number of benzene rings is 1. The van der Waals surface area contributed by atoms with Gasteiger partial charge in [0.15, 0.2) is 5.82 Å². The topological polar surface area (TPSA) is 80.3 Å². The zero-order valence-corrected chi connectivity index (χ0v) is 10.5. The van der Waals surface area contributed by atoms with E-state index in [0.717, 1.165) is 22.3 Å². The smallest absolute Gasteiger partial charge is 0.192 e. The van der Waals surface area contributed by atoms with Gasteiger partial charge in [0.2, 0.25) is 0 Å². The van der Waals surface area contributed by atoms with Crippen molar-refractivity contribution in [1.29, 1.82) is 5.26 Å². The highest BCUT2D eigenvalue weighted by Gasteiger charge is 2.15. The SMILES string of the molecule is Cc1nnc(-n2nnc3ccccc32)c(C#N)c1C. The number of nitriles is 1. The summed E-state index contributed by atoms with van der Waals surface area (Å²) in [7, 11) is 0. The van der Waals surface area contributed by atoms with Crippen LogP contribution in [0.25, 0.3) is 16.9 Å². The molecule has 0 amide bonds. The number of para-hydroxylation sites is 1. The van der Waals surface area contributed by atoms with Gasteiger partial charge in [-0.25, -0.2) is 0 Å². The van der Waals surface area contributed by atoms with E-state index in [1.54, 1.807) is 4.68 Å². The largest absolute Gasteiger partial charge is 0.196 e. The molecule has 0 atom stereocenters. The Morgan fingerprint density at radius 2 is 1.89 bits per heavy atom. The molecular weight excluding hydrogens is 240 g/mol. The average molecular weight is 250 g/mol. The molecule has 0 aliphatic rings. The average Bonchev–Trinajstić information content (AvgIpc) is 2.85. The quantitative estimate of drug-likeness (QED) is 0.656. The lowest BCUT2D eigenvalue weighted by atomic mass is 10.1. The minimum absolute atomic E-state index is 0.416. The predicted molar refractivity (Wildman–Crippen MR) is 68.6 cm³/mol. The van der Waals surface area contributed by atoms with Crippen LogP contribution in [0.5, 0.6) is 0 Å². The van der Waals surface area contributed by atoms with E-state index in [4.69, 9.17) is 0 Å². The van der Waals surface area contributed by atoms with Crippen LogP contribution in [0.15, 0.2) is 24.3 Å². The van der Waals surface area contributed by atoms with Gasteiger partial charge in [-0.2, -0.15) is 15.0 Å². The third kappa shape index (κ3) is 1.64. The number of fused-ring (bicyclic) bond motifs is 1. The van der Waals surface area contributed by atoms with Gasteiger partial charge in [0.1, 0.15) is 17.1 Å². The summed E-state index contributed by atoms with van der Waals surface area (Å²) in [4.78, 5) is 0. The van der Waals surface area contributed by atoms with Crippen molar-refractivity contribution in [2.45, 2.75) is 13.8 Å². The van der Waals surface area contributed by atoms with Crippen molar-refractivity contribution < 1.29 is 0 Å². The van der Waals surface area contributed by atoms with Crippen molar-refractivity contribution >= 4 is 11.0 Å². The zero-order valence-electron chi connectivity index (χ0n) is 10.5. The molecule has 0 saturated carbocycles. The number of hydrogen-bond acceptors (Lipinski definition) is 5. The Morgan fingerprint density at radius 3 is 2.68 bits per heavy atom. The summed E-state index contributed by atoms with van der Waals surface area (Å²) in [6.07, 6.45) is 0. The van der Waals surface area contributed by atoms with Gasteiger partial charge in [-0.15, -0.1) is 10.2 Å². The molecule has 19 heavy (non-hydrogen) atoms. The molecule has 0 bridgehead atoms. The molecule has 0 aliphatic carbocycles. The summed E-state index contributed by atoms with van der Waals surface area (Å²) in [5, 5.41) is 25.6. The maximum Gasteiger partial charge on any atom is 0.196 e. The minimum Gasteiger partial charge on any atom is -0.192 e. The normalized spacial score (nSPS) is 10.6. The second-order valence-corrected chi connectivity index (χ2v) is 4.21. The molecule has 2 heterocycles. The van der Waals surface area contributed by atoms with Gasteiger partial charge >= 0.3 is 0 Å². The van der Waals surface area contributed by atoms with Crippen LogP contribution < -0.4 is 0 Å². The van der Waals surface area contributed by atoms with Crippen molar-refractivity contribution in [1.82, 2.24) is 25.2 Å². The summed E-state index contributed by atoms with van der Waals surface area (Å²) in [6.45, 7) is 3.68. The van der Waals surface area contributed by atoms with Crippen LogP contribution in [-0.2, 0) is 0 Å². The fraction of sp³-hybridized carbons (Fsp3) is 0.154. The third-order valence-corrected chi connectivity index (χ3v) is 3.10. The molecule has 1 aromatic carbocycles. The highest BCUT2D eigenvalue weighted by Crippen LogP contribution is 2.19. The molecule has 3 aromatic rings. The zero-order chi connectivity index (χ0) is 13.4.